The monoisotopic (exact) mass is 299 g/mol. The van der Waals surface area contributed by atoms with Crippen LogP contribution in [0.15, 0.2) is 0 Å². The highest BCUT2D eigenvalue weighted by molar-refractivity contribution is 5.79. The second-order valence-corrected chi connectivity index (χ2v) is 6.38. The number of nitrogens with one attached hydrogen (secondary N) is 1. The van der Waals surface area contributed by atoms with Gasteiger partial charge in [-0.05, 0) is 38.5 Å². The van der Waals surface area contributed by atoms with E-state index >= 15 is 0 Å². The quantitative estimate of drug-likeness (QED) is 0.601. The minimum absolute atomic E-state index is 0.0526. The summed E-state index contributed by atoms with van der Waals surface area (Å²) in [6.07, 6.45) is 3.50. The third-order valence-electron chi connectivity index (χ3n) is 3.42. The maximum absolute atomic E-state index is 11.7. The second-order valence-electron chi connectivity index (χ2n) is 6.38. The number of carbonyl (C=O) groups is 2. The summed E-state index contributed by atoms with van der Waals surface area (Å²) in [6.45, 7) is 11.7. The topological polar surface area (TPSA) is 55.4 Å². The molecule has 0 aliphatic carbocycles. The van der Waals surface area contributed by atoms with E-state index in [-0.39, 0.29) is 17.8 Å². The molecular formula is C17H33NO3. The average molecular weight is 299 g/mol. The fourth-order valence-corrected chi connectivity index (χ4v) is 2.19. The van der Waals surface area contributed by atoms with Crippen molar-refractivity contribution in [1.82, 2.24) is 5.32 Å². The molecule has 0 aromatic heterocycles. The van der Waals surface area contributed by atoms with Crippen molar-refractivity contribution >= 4 is 11.7 Å². The largest absolute Gasteiger partial charge is 0.379 e. The highest BCUT2D eigenvalue weighted by Crippen LogP contribution is 2.12. The van der Waals surface area contributed by atoms with Gasteiger partial charge in [-0.15, -0.1) is 0 Å². The summed E-state index contributed by atoms with van der Waals surface area (Å²) in [7, 11) is 0. The minimum atomic E-state index is 0.0526. The Hall–Kier alpha value is -0.900. The summed E-state index contributed by atoms with van der Waals surface area (Å²) in [5.41, 5.74) is 0. The van der Waals surface area contributed by atoms with Crippen LogP contribution in [0.5, 0.6) is 0 Å². The van der Waals surface area contributed by atoms with Crippen molar-refractivity contribution in [2.45, 2.75) is 72.8 Å². The van der Waals surface area contributed by atoms with Crippen molar-refractivity contribution in [3.63, 3.8) is 0 Å². The van der Waals surface area contributed by atoms with Crippen LogP contribution >= 0.6 is 0 Å². The smallest absolute Gasteiger partial charge is 0.220 e. The molecule has 0 heterocycles. The first-order valence-corrected chi connectivity index (χ1v) is 8.25. The molecule has 0 saturated heterocycles. The van der Waals surface area contributed by atoms with Crippen LogP contribution in [0.4, 0.5) is 0 Å². The standard InChI is InChI=1S/C17H33NO3/c1-6-16(19)8-7-9-17(20)18-11-14(4)10-15(5)12-21-13(2)3/h13-15H,6-12H2,1-5H3,(H,18,20). The van der Waals surface area contributed by atoms with E-state index in [0.29, 0.717) is 44.1 Å². The van der Waals surface area contributed by atoms with Gasteiger partial charge >= 0.3 is 0 Å². The maximum Gasteiger partial charge on any atom is 0.220 e. The molecule has 4 nitrogen and oxygen atoms in total. The lowest BCUT2D eigenvalue weighted by molar-refractivity contribution is -0.121. The predicted octanol–water partition coefficient (Wildman–Crippen LogP) is 3.34. The Morgan fingerprint density at radius 2 is 1.71 bits per heavy atom. The average Bonchev–Trinajstić information content (AvgIpc) is 2.42. The zero-order chi connectivity index (χ0) is 16.3. The molecule has 124 valence electrons. The molecule has 0 fully saturated rings. The Morgan fingerprint density at radius 3 is 2.29 bits per heavy atom. The second kappa shape index (κ2) is 11.7. The highest BCUT2D eigenvalue weighted by Gasteiger charge is 2.11. The molecule has 2 atom stereocenters. The van der Waals surface area contributed by atoms with Gasteiger partial charge in [-0.3, -0.25) is 9.59 Å². The number of rotatable bonds is 12. The fourth-order valence-electron chi connectivity index (χ4n) is 2.19. The highest BCUT2D eigenvalue weighted by atomic mass is 16.5. The lowest BCUT2D eigenvalue weighted by atomic mass is 9.98. The van der Waals surface area contributed by atoms with Gasteiger partial charge in [0, 0.05) is 32.4 Å². The van der Waals surface area contributed by atoms with Crippen LogP contribution in [-0.4, -0.2) is 30.9 Å². The van der Waals surface area contributed by atoms with Crippen molar-refractivity contribution in [3.05, 3.63) is 0 Å². The van der Waals surface area contributed by atoms with Gasteiger partial charge in [0.15, 0.2) is 0 Å². The molecule has 1 N–H and O–H groups in total. The molecule has 0 bridgehead atoms. The number of carbonyl (C=O) groups excluding carboxylic acids is 2. The van der Waals surface area contributed by atoms with Crippen LogP contribution in [0.3, 0.4) is 0 Å². The number of ether oxygens (including phenoxy) is 1. The van der Waals surface area contributed by atoms with E-state index in [1.807, 2.05) is 20.8 Å². The summed E-state index contributed by atoms with van der Waals surface area (Å²) in [5.74, 6) is 1.23. The molecule has 21 heavy (non-hydrogen) atoms. The molecule has 0 spiro atoms. The van der Waals surface area contributed by atoms with Crippen LogP contribution in [0.25, 0.3) is 0 Å². The maximum atomic E-state index is 11.7. The van der Waals surface area contributed by atoms with Crippen LogP contribution in [-0.2, 0) is 14.3 Å². The molecule has 1 amide bonds. The Labute approximate surface area is 130 Å². The number of ketones is 1. The van der Waals surface area contributed by atoms with Gasteiger partial charge < -0.3 is 10.1 Å². The molecule has 0 aliphatic rings. The predicted molar refractivity (Wildman–Crippen MR) is 86.2 cm³/mol. The van der Waals surface area contributed by atoms with Crippen LogP contribution in [0, 0.1) is 11.8 Å². The fraction of sp³-hybridized carbons (Fsp3) is 0.882. The summed E-state index contributed by atoms with van der Waals surface area (Å²) in [4.78, 5) is 22.8. The van der Waals surface area contributed by atoms with Gasteiger partial charge in [-0.1, -0.05) is 20.8 Å². The SMILES string of the molecule is CCC(=O)CCCC(=O)NCC(C)CC(C)COC(C)C. The summed E-state index contributed by atoms with van der Waals surface area (Å²) in [6, 6.07) is 0. The number of hydrogen-bond donors (Lipinski definition) is 1. The number of Topliss-reactive ketones (excluding diaryl/α,β-unsaturated/α-hetero) is 1. The van der Waals surface area contributed by atoms with E-state index in [0.717, 1.165) is 13.0 Å². The number of amides is 1. The summed E-state index contributed by atoms with van der Waals surface area (Å²) in [5, 5.41) is 2.95. The van der Waals surface area contributed by atoms with E-state index in [4.69, 9.17) is 4.74 Å². The Morgan fingerprint density at radius 1 is 1.05 bits per heavy atom. The molecule has 0 aromatic rings. The first kappa shape index (κ1) is 20.1. The van der Waals surface area contributed by atoms with Crippen molar-refractivity contribution in [2.24, 2.45) is 11.8 Å². The van der Waals surface area contributed by atoms with E-state index in [1.165, 1.54) is 0 Å². The summed E-state index contributed by atoms with van der Waals surface area (Å²) < 4.78 is 5.60. The lowest BCUT2D eigenvalue weighted by Crippen LogP contribution is -2.29. The molecule has 4 heteroatoms. The number of hydrogen-bond acceptors (Lipinski definition) is 3. The Bertz CT molecular complexity index is 302. The molecule has 0 saturated carbocycles. The Balaban J connectivity index is 3.69. The van der Waals surface area contributed by atoms with Gasteiger partial charge in [0.05, 0.1) is 6.10 Å². The van der Waals surface area contributed by atoms with E-state index in [2.05, 4.69) is 19.2 Å². The van der Waals surface area contributed by atoms with Gasteiger partial charge in [0.25, 0.3) is 0 Å². The van der Waals surface area contributed by atoms with Crippen molar-refractivity contribution < 1.29 is 14.3 Å². The van der Waals surface area contributed by atoms with E-state index in [1.54, 1.807) is 0 Å². The zero-order valence-electron chi connectivity index (χ0n) is 14.4. The zero-order valence-corrected chi connectivity index (χ0v) is 14.4. The molecule has 0 aromatic carbocycles. The van der Waals surface area contributed by atoms with Crippen LogP contribution < -0.4 is 5.32 Å². The Kier molecular flexibility index (Phi) is 11.2. The first-order valence-electron chi connectivity index (χ1n) is 8.25. The summed E-state index contributed by atoms with van der Waals surface area (Å²) >= 11 is 0. The van der Waals surface area contributed by atoms with Crippen molar-refractivity contribution in [1.29, 1.82) is 0 Å². The molecular weight excluding hydrogens is 266 g/mol. The molecule has 0 aliphatic heterocycles. The lowest BCUT2D eigenvalue weighted by Gasteiger charge is -2.19. The third kappa shape index (κ3) is 12.5. The first-order chi connectivity index (χ1) is 9.85. The van der Waals surface area contributed by atoms with Crippen LogP contribution in [0.2, 0.25) is 0 Å². The minimum Gasteiger partial charge on any atom is -0.379 e. The van der Waals surface area contributed by atoms with E-state index in [9.17, 15) is 9.59 Å². The van der Waals surface area contributed by atoms with Crippen LogP contribution in [0.1, 0.15) is 66.7 Å². The molecule has 0 rings (SSSR count). The van der Waals surface area contributed by atoms with E-state index < -0.39 is 0 Å². The van der Waals surface area contributed by atoms with Crippen molar-refractivity contribution in [3.8, 4) is 0 Å². The van der Waals surface area contributed by atoms with Gasteiger partial charge in [0.2, 0.25) is 5.91 Å². The molecule has 0 radical (unpaired) electrons. The van der Waals surface area contributed by atoms with Gasteiger partial charge in [-0.25, -0.2) is 0 Å². The van der Waals surface area contributed by atoms with Gasteiger partial charge in [-0.2, -0.15) is 0 Å². The van der Waals surface area contributed by atoms with Crippen molar-refractivity contribution in [2.75, 3.05) is 13.2 Å². The van der Waals surface area contributed by atoms with Gasteiger partial charge in [0.1, 0.15) is 5.78 Å². The third-order valence-corrected chi connectivity index (χ3v) is 3.42. The normalized spacial score (nSPS) is 14.0. The molecule has 2 unspecified atom stereocenters.